The van der Waals surface area contributed by atoms with Crippen molar-refractivity contribution >= 4 is 6.09 Å². The summed E-state index contributed by atoms with van der Waals surface area (Å²) in [6.45, 7) is 7.53. The quantitative estimate of drug-likeness (QED) is 0.910. The molecule has 1 aromatic rings. The van der Waals surface area contributed by atoms with Crippen molar-refractivity contribution in [3.05, 3.63) is 35.9 Å². The summed E-state index contributed by atoms with van der Waals surface area (Å²) in [6, 6.07) is 10.6. The third-order valence-electron chi connectivity index (χ3n) is 3.62. The largest absolute Gasteiger partial charge is 0.444 e. The molecule has 1 aliphatic heterocycles. The number of ether oxygens (including phenoxy) is 1. The molecule has 4 nitrogen and oxygen atoms in total. The number of piperidine rings is 1. The molecule has 21 heavy (non-hydrogen) atoms. The van der Waals surface area contributed by atoms with Crippen LogP contribution in [0.1, 0.15) is 38.7 Å². The summed E-state index contributed by atoms with van der Waals surface area (Å²) in [5.41, 5.74) is 0.878. The number of alkyl carbamates (subject to hydrolysis) is 1. The Morgan fingerprint density at radius 1 is 1.24 bits per heavy atom. The van der Waals surface area contributed by atoms with Gasteiger partial charge in [0.1, 0.15) is 5.60 Å². The highest BCUT2D eigenvalue weighted by molar-refractivity contribution is 5.68. The van der Waals surface area contributed by atoms with Crippen molar-refractivity contribution < 1.29 is 9.53 Å². The Labute approximate surface area is 127 Å². The van der Waals surface area contributed by atoms with Crippen LogP contribution in [0.2, 0.25) is 0 Å². The van der Waals surface area contributed by atoms with Crippen LogP contribution < -0.4 is 5.32 Å². The molecular weight excluding hydrogens is 264 g/mol. The number of rotatable bonds is 2. The Bertz CT molecular complexity index is 467. The number of nitrogens with zero attached hydrogens (tertiary/aromatic N) is 1. The van der Waals surface area contributed by atoms with E-state index in [-0.39, 0.29) is 12.1 Å². The van der Waals surface area contributed by atoms with Crippen molar-refractivity contribution in [3.8, 4) is 0 Å². The number of likely N-dealkylation sites (tertiary alicyclic amines) is 1. The topological polar surface area (TPSA) is 41.6 Å². The standard InChI is InChI=1S/C17H26N2O2/c1-17(2,3)21-16(20)18-15-10-14(11-19(4)12-15)13-8-6-5-7-9-13/h5-9,14-15H,10-12H2,1-4H3,(H,18,20). The van der Waals surface area contributed by atoms with Gasteiger partial charge in [-0.2, -0.15) is 0 Å². The lowest BCUT2D eigenvalue weighted by molar-refractivity contribution is 0.0473. The van der Waals surface area contributed by atoms with E-state index in [1.54, 1.807) is 0 Å². The number of hydrogen-bond acceptors (Lipinski definition) is 3. The number of hydrogen-bond donors (Lipinski definition) is 1. The van der Waals surface area contributed by atoms with Gasteiger partial charge in [-0.05, 0) is 45.7 Å². The van der Waals surface area contributed by atoms with Crippen LogP contribution in [0.25, 0.3) is 0 Å². The van der Waals surface area contributed by atoms with Crippen molar-refractivity contribution in [2.75, 3.05) is 20.1 Å². The SMILES string of the molecule is CN1CC(NC(=O)OC(C)(C)C)CC(c2ccccc2)C1. The molecule has 0 aromatic heterocycles. The van der Waals surface area contributed by atoms with E-state index in [1.807, 2.05) is 26.8 Å². The second kappa shape index (κ2) is 6.48. The van der Waals surface area contributed by atoms with Crippen LogP contribution in [0.4, 0.5) is 4.79 Å². The summed E-state index contributed by atoms with van der Waals surface area (Å²) in [4.78, 5) is 14.2. The average Bonchev–Trinajstić information content (AvgIpc) is 2.36. The van der Waals surface area contributed by atoms with Gasteiger partial charge in [-0.25, -0.2) is 4.79 Å². The summed E-state index contributed by atoms with van der Waals surface area (Å²) in [7, 11) is 2.10. The summed E-state index contributed by atoms with van der Waals surface area (Å²) < 4.78 is 5.35. The first kappa shape index (κ1) is 15.8. The van der Waals surface area contributed by atoms with E-state index in [0.29, 0.717) is 5.92 Å². The summed E-state index contributed by atoms with van der Waals surface area (Å²) in [5, 5.41) is 3.00. The number of benzene rings is 1. The molecule has 1 fully saturated rings. The number of carbonyl (C=O) groups excluding carboxylic acids is 1. The lowest BCUT2D eigenvalue weighted by atomic mass is 9.88. The smallest absolute Gasteiger partial charge is 0.407 e. The van der Waals surface area contributed by atoms with E-state index < -0.39 is 5.60 Å². The van der Waals surface area contributed by atoms with Gasteiger partial charge in [0.05, 0.1) is 0 Å². The average molecular weight is 290 g/mol. The van der Waals surface area contributed by atoms with Crippen LogP contribution in [0, 0.1) is 0 Å². The van der Waals surface area contributed by atoms with Crippen LogP contribution in [0.5, 0.6) is 0 Å². The number of amides is 1. The van der Waals surface area contributed by atoms with Crippen LogP contribution in [-0.2, 0) is 4.74 Å². The fraction of sp³-hybridized carbons (Fsp3) is 0.588. The molecule has 2 unspecified atom stereocenters. The molecular formula is C17H26N2O2. The number of likely N-dealkylation sites (N-methyl/N-ethyl adjacent to an activating group) is 1. The Kier molecular flexibility index (Phi) is 4.88. The predicted octanol–water partition coefficient (Wildman–Crippen LogP) is 3.00. The van der Waals surface area contributed by atoms with Crippen LogP contribution in [0.15, 0.2) is 30.3 Å². The second-order valence-corrected chi connectivity index (χ2v) is 6.91. The molecule has 4 heteroatoms. The first-order valence-corrected chi connectivity index (χ1v) is 7.56. The maximum absolute atomic E-state index is 11.9. The van der Waals surface area contributed by atoms with Gasteiger partial charge in [0.15, 0.2) is 0 Å². The molecule has 116 valence electrons. The first-order chi connectivity index (χ1) is 9.83. The Balaban J connectivity index is 1.96. The Hall–Kier alpha value is -1.55. The molecule has 1 aromatic carbocycles. The second-order valence-electron chi connectivity index (χ2n) is 6.91. The summed E-state index contributed by atoms with van der Waals surface area (Å²) in [5.74, 6) is 0.449. The van der Waals surface area contributed by atoms with E-state index in [9.17, 15) is 4.79 Å². The summed E-state index contributed by atoms with van der Waals surface area (Å²) in [6.07, 6.45) is 0.628. The van der Waals surface area contributed by atoms with Crippen molar-refractivity contribution in [1.29, 1.82) is 0 Å². The molecule has 1 N–H and O–H groups in total. The van der Waals surface area contributed by atoms with Crippen molar-refractivity contribution in [2.45, 2.75) is 44.8 Å². The fourth-order valence-electron chi connectivity index (χ4n) is 2.86. The van der Waals surface area contributed by atoms with Crippen molar-refractivity contribution in [2.24, 2.45) is 0 Å². The molecule has 0 aliphatic carbocycles. The van der Waals surface area contributed by atoms with Crippen LogP contribution in [-0.4, -0.2) is 42.8 Å². The summed E-state index contributed by atoms with van der Waals surface area (Å²) >= 11 is 0. The highest BCUT2D eigenvalue weighted by Gasteiger charge is 2.28. The molecule has 0 spiro atoms. The fourth-order valence-corrected chi connectivity index (χ4v) is 2.86. The molecule has 0 bridgehead atoms. The number of nitrogens with one attached hydrogen (secondary N) is 1. The van der Waals surface area contributed by atoms with Crippen LogP contribution >= 0.6 is 0 Å². The van der Waals surface area contributed by atoms with Crippen molar-refractivity contribution in [3.63, 3.8) is 0 Å². The molecule has 1 heterocycles. The minimum atomic E-state index is -0.455. The molecule has 0 saturated carbocycles. The Morgan fingerprint density at radius 3 is 2.52 bits per heavy atom. The van der Waals surface area contributed by atoms with Gasteiger partial charge >= 0.3 is 6.09 Å². The minimum Gasteiger partial charge on any atom is -0.444 e. The zero-order chi connectivity index (χ0) is 15.5. The van der Waals surface area contributed by atoms with Gasteiger partial charge in [-0.15, -0.1) is 0 Å². The van der Waals surface area contributed by atoms with Gasteiger partial charge in [0.2, 0.25) is 0 Å². The van der Waals surface area contributed by atoms with E-state index in [1.165, 1.54) is 5.56 Å². The predicted molar refractivity (Wildman–Crippen MR) is 84.5 cm³/mol. The maximum Gasteiger partial charge on any atom is 0.407 e. The molecule has 2 rings (SSSR count). The molecule has 0 radical (unpaired) electrons. The monoisotopic (exact) mass is 290 g/mol. The maximum atomic E-state index is 11.9. The van der Waals surface area contributed by atoms with E-state index in [4.69, 9.17) is 4.74 Å². The molecule has 1 aliphatic rings. The van der Waals surface area contributed by atoms with Crippen molar-refractivity contribution in [1.82, 2.24) is 10.2 Å². The third-order valence-corrected chi connectivity index (χ3v) is 3.62. The van der Waals surface area contributed by atoms with Gasteiger partial charge in [0.25, 0.3) is 0 Å². The third kappa shape index (κ3) is 5.05. The van der Waals surface area contributed by atoms with Gasteiger partial charge in [-0.3, -0.25) is 0 Å². The van der Waals surface area contributed by atoms with E-state index >= 15 is 0 Å². The minimum absolute atomic E-state index is 0.129. The number of carbonyl (C=O) groups is 1. The lowest BCUT2D eigenvalue weighted by Crippen LogP contribution is -2.49. The zero-order valence-corrected chi connectivity index (χ0v) is 13.4. The molecule has 1 saturated heterocycles. The van der Waals surface area contributed by atoms with Gasteiger partial charge < -0.3 is 15.0 Å². The normalized spacial score (nSPS) is 23.6. The highest BCUT2D eigenvalue weighted by Crippen LogP contribution is 2.26. The van der Waals surface area contributed by atoms with E-state index in [2.05, 4.69) is 41.5 Å². The highest BCUT2D eigenvalue weighted by atomic mass is 16.6. The van der Waals surface area contributed by atoms with E-state index in [0.717, 1.165) is 19.5 Å². The van der Waals surface area contributed by atoms with Gasteiger partial charge in [0, 0.05) is 19.1 Å². The lowest BCUT2D eigenvalue weighted by Gasteiger charge is -2.36. The Morgan fingerprint density at radius 2 is 1.90 bits per heavy atom. The zero-order valence-electron chi connectivity index (χ0n) is 13.4. The first-order valence-electron chi connectivity index (χ1n) is 7.56. The molecule has 2 atom stereocenters. The van der Waals surface area contributed by atoms with Crippen LogP contribution in [0.3, 0.4) is 0 Å². The molecule has 1 amide bonds. The van der Waals surface area contributed by atoms with Gasteiger partial charge in [-0.1, -0.05) is 30.3 Å².